The molecule has 24 heavy (non-hydrogen) atoms. The number of piperidine rings is 1. The highest BCUT2D eigenvalue weighted by molar-refractivity contribution is 5.81. The van der Waals surface area contributed by atoms with Crippen LogP contribution in [0.2, 0.25) is 0 Å². The average Bonchev–Trinajstić information content (AvgIpc) is 2.62. The van der Waals surface area contributed by atoms with E-state index >= 15 is 0 Å². The highest BCUT2D eigenvalue weighted by Crippen LogP contribution is 2.18. The maximum absolute atomic E-state index is 12.0. The number of nitrogens with one attached hydrogen (secondary N) is 1. The number of aliphatic imine (C=N–C) groups is 1. The normalized spacial score (nSPS) is 18.3. The summed E-state index contributed by atoms with van der Waals surface area (Å²) in [5.74, 6) is 0.779. The van der Waals surface area contributed by atoms with Crippen LogP contribution in [-0.2, 0) is 16.0 Å². The van der Waals surface area contributed by atoms with E-state index in [0.717, 1.165) is 44.9 Å². The third-order valence-corrected chi connectivity index (χ3v) is 4.18. The van der Waals surface area contributed by atoms with Gasteiger partial charge < -0.3 is 15.0 Å². The molecule has 0 saturated carbocycles. The van der Waals surface area contributed by atoms with E-state index in [1.165, 1.54) is 5.56 Å². The van der Waals surface area contributed by atoms with Gasteiger partial charge >= 0.3 is 5.97 Å². The first-order valence-corrected chi connectivity index (χ1v) is 8.98. The molecule has 5 heteroatoms. The lowest BCUT2D eigenvalue weighted by Crippen LogP contribution is -2.48. The van der Waals surface area contributed by atoms with Crippen molar-refractivity contribution in [2.24, 2.45) is 10.9 Å². The van der Waals surface area contributed by atoms with E-state index in [9.17, 15) is 4.79 Å². The molecule has 2 rings (SSSR count). The van der Waals surface area contributed by atoms with Crippen LogP contribution in [-0.4, -0.2) is 49.6 Å². The van der Waals surface area contributed by atoms with Gasteiger partial charge in [-0.15, -0.1) is 0 Å². The standard InChI is InChI=1S/C19H29N3O2/c1-3-20-19(21-13-12-16-9-6-5-7-10-16)22-14-8-11-17(15-22)18(23)24-4-2/h5-7,9-10,17H,3-4,8,11-15H2,1-2H3,(H,20,21)/t17-/m1/s1. The van der Waals surface area contributed by atoms with Crippen LogP contribution < -0.4 is 5.32 Å². The Morgan fingerprint density at radius 3 is 2.83 bits per heavy atom. The summed E-state index contributed by atoms with van der Waals surface area (Å²) in [4.78, 5) is 19.0. The van der Waals surface area contributed by atoms with Crippen LogP contribution in [0.25, 0.3) is 0 Å². The molecule has 1 aromatic carbocycles. The second-order valence-electron chi connectivity index (χ2n) is 6.01. The zero-order valence-electron chi connectivity index (χ0n) is 14.8. The highest BCUT2D eigenvalue weighted by Gasteiger charge is 2.28. The zero-order chi connectivity index (χ0) is 17.2. The van der Waals surface area contributed by atoms with Crippen molar-refractivity contribution in [3.63, 3.8) is 0 Å². The van der Waals surface area contributed by atoms with Crippen molar-refractivity contribution in [3.05, 3.63) is 35.9 Å². The van der Waals surface area contributed by atoms with Crippen molar-refractivity contribution in [2.75, 3.05) is 32.8 Å². The molecule has 1 aliphatic rings. The first-order valence-electron chi connectivity index (χ1n) is 8.98. The van der Waals surface area contributed by atoms with Crippen LogP contribution in [0.15, 0.2) is 35.3 Å². The number of hydrogen-bond donors (Lipinski definition) is 1. The molecule has 1 heterocycles. The fourth-order valence-corrected chi connectivity index (χ4v) is 2.98. The van der Waals surface area contributed by atoms with Crippen LogP contribution in [0.5, 0.6) is 0 Å². The van der Waals surface area contributed by atoms with Crippen molar-refractivity contribution in [1.82, 2.24) is 10.2 Å². The third kappa shape index (κ3) is 5.55. The fourth-order valence-electron chi connectivity index (χ4n) is 2.98. The Kier molecular flexibility index (Phi) is 7.59. The van der Waals surface area contributed by atoms with E-state index in [0.29, 0.717) is 13.2 Å². The van der Waals surface area contributed by atoms with Crippen LogP contribution in [0.3, 0.4) is 0 Å². The molecule has 1 fully saturated rings. The van der Waals surface area contributed by atoms with Crippen LogP contribution >= 0.6 is 0 Å². The minimum Gasteiger partial charge on any atom is -0.466 e. The van der Waals surface area contributed by atoms with Crippen molar-refractivity contribution in [2.45, 2.75) is 33.1 Å². The van der Waals surface area contributed by atoms with Gasteiger partial charge in [-0.2, -0.15) is 0 Å². The summed E-state index contributed by atoms with van der Waals surface area (Å²) in [5.41, 5.74) is 1.29. The first-order chi connectivity index (χ1) is 11.7. The highest BCUT2D eigenvalue weighted by atomic mass is 16.5. The van der Waals surface area contributed by atoms with Gasteiger partial charge in [0.1, 0.15) is 0 Å². The lowest BCUT2D eigenvalue weighted by molar-refractivity contribution is -0.149. The number of esters is 1. The number of carbonyl (C=O) groups excluding carboxylic acids is 1. The topological polar surface area (TPSA) is 53.9 Å². The molecule has 1 saturated heterocycles. The lowest BCUT2D eigenvalue weighted by atomic mass is 9.98. The molecule has 1 atom stereocenters. The molecule has 0 aliphatic carbocycles. The quantitative estimate of drug-likeness (QED) is 0.494. The predicted molar refractivity (Wildman–Crippen MR) is 97.1 cm³/mol. The summed E-state index contributed by atoms with van der Waals surface area (Å²) in [6, 6.07) is 10.4. The molecule has 0 aromatic heterocycles. The Bertz CT molecular complexity index is 531. The number of nitrogens with zero attached hydrogens (tertiary/aromatic N) is 2. The van der Waals surface area contributed by atoms with E-state index in [-0.39, 0.29) is 11.9 Å². The molecule has 5 nitrogen and oxygen atoms in total. The summed E-state index contributed by atoms with van der Waals surface area (Å²) in [5, 5.41) is 3.35. The molecule has 1 aliphatic heterocycles. The molecule has 1 aromatic rings. The van der Waals surface area contributed by atoms with Crippen molar-refractivity contribution < 1.29 is 9.53 Å². The molecule has 1 N–H and O–H groups in total. The number of rotatable bonds is 6. The molecule has 0 unspecified atom stereocenters. The average molecular weight is 331 g/mol. The van der Waals surface area contributed by atoms with E-state index in [1.807, 2.05) is 13.0 Å². The maximum Gasteiger partial charge on any atom is 0.310 e. The Hall–Kier alpha value is -2.04. The van der Waals surface area contributed by atoms with Gasteiger partial charge in [-0.05, 0) is 38.7 Å². The van der Waals surface area contributed by atoms with Gasteiger partial charge in [-0.1, -0.05) is 30.3 Å². The predicted octanol–water partition coefficient (Wildman–Crippen LogP) is 2.47. The van der Waals surface area contributed by atoms with Gasteiger partial charge in [0.05, 0.1) is 12.5 Å². The Balaban J connectivity index is 1.95. The Labute approximate surface area is 145 Å². The molecule has 0 amide bonds. The van der Waals surface area contributed by atoms with Gasteiger partial charge in [0.15, 0.2) is 5.96 Å². The SMILES string of the molecule is CCNC(=NCCc1ccccc1)N1CCC[C@@H](C(=O)OCC)C1. The minimum absolute atomic E-state index is 0.0447. The smallest absolute Gasteiger partial charge is 0.310 e. The number of ether oxygens (including phenoxy) is 1. The van der Waals surface area contributed by atoms with Crippen LogP contribution in [0.4, 0.5) is 0 Å². The van der Waals surface area contributed by atoms with Gasteiger partial charge in [0.2, 0.25) is 0 Å². The number of hydrogen-bond acceptors (Lipinski definition) is 3. The van der Waals surface area contributed by atoms with E-state index in [4.69, 9.17) is 9.73 Å². The largest absolute Gasteiger partial charge is 0.466 e. The van der Waals surface area contributed by atoms with E-state index in [2.05, 4.69) is 41.4 Å². The molecular formula is C19H29N3O2. The van der Waals surface area contributed by atoms with Crippen molar-refractivity contribution in [1.29, 1.82) is 0 Å². The van der Waals surface area contributed by atoms with Crippen molar-refractivity contribution in [3.8, 4) is 0 Å². The first kappa shape index (κ1) is 18.3. The summed E-state index contributed by atoms with van der Waals surface area (Å²) in [7, 11) is 0. The van der Waals surface area contributed by atoms with Crippen LogP contribution in [0.1, 0.15) is 32.3 Å². The summed E-state index contributed by atoms with van der Waals surface area (Å²) < 4.78 is 5.18. The number of carbonyl (C=O) groups is 1. The fraction of sp³-hybridized carbons (Fsp3) is 0.579. The van der Waals surface area contributed by atoms with Gasteiger partial charge in [0, 0.05) is 26.2 Å². The van der Waals surface area contributed by atoms with E-state index in [1.54, 1.807) is 0 Å². The second kappa shape index (κ2) is 9.96. The number of likely N-dealkylation sites (tertiary alicyclic amines) is 1. The maximum atomic E-state index is 12.0. The molecule has 0 bridgehead atoms. The Morgan fingerprint density at radius 1 is 1.33 bits per heavy atom. The molecule has 132 valence electrons. The van der Waals surface area contributed by atoms with Gasteiger partial charge in [-0.25, -0.2) is 0 Å². The van der Waals surface area contributed by atoms with Gasteiger partial charge in [-0.3, -0.25) is 9.79 Å². The second-order valence-corrected chi connectivity index (χ2v) is 6.01. The third-order valence-electron chi connectivity index (χ3n) is 4.18. The molecular weight excluding hydrogens is 302 g/mol. The lowest BCUT2D eigenvalue weighted by Gasteiger charge is -2.34. The zero-order valence-corrected chi connectivity index (χ0v) is 14.8. The van der Waals surface area contributed by atoms with Crippen LogP contribution in [0, 0.1) is 5.92 Å². The molecule has 0 radical (unpaired) electrons. The van der Waals surface area contributed by atoms with Gasteiger partial charge in [0.25, 0.3) is 0 Å². The summed E-state index contributed by atoms with van der Waals surface area (Å²) >= 11 is 0. The summed E-state index contributed by atoms with van der Waals surface area (Å²) in [6.45, 7) is 7.56. The minimum atomic E-state index is -0.0812. The number of guanidine groups is 1. The van der Waals surface area contributed by atoms with E-state index < -0.39 is 0 Å². The number of benzene rings is 1. The Morgan fingerprint density at radius 2 is 2.12 bits per heavy atom. The monoisotopic (exact) mass is 331 g/mol. The molecule has 0 spiro atoms. The van der Waals surface area contributed by atoms with Crippen molar-refractivity contribution >= 4 is 11.9 Å². The summed E-state index contributed by atoms with van der Waals surface area (Å²) in [6.07, 6.45) is 2.82.